The lowest BCUT2D eigenvalue weighted by Crippen LogP contribution is -2.59. The molecule has 2 saturated heterocycles. The Hall–Kier alpha value is -2.96. The van der Waals surface area contributed by atoms with Crippen LogP contribution >= 0.6 is 0 Å². The summed E-state index contributed by atoms with van der Waals surface area (Å²) in [6.07, 6.45) is 2.13. The van der Waals surface area contributed by atoms with Gasteiger partial charge in [0.05, 0.1) is 27.8 Å². The number of nitrogens with zero attached hydrogens (tertiary/aromatic N) is 4. The number of hydrogen-bond acceptors (Lipinski definition) is 7. The molecule has 0 saturated carbocycles. The average molecular weight is 555 g/mol. The fourth-order valence-electron chi connectivity index (χ4n) is 6.49. The van der Waals surface area contributed by atoms with Gasteiger partial charge in [-0.1, -0.05) is 19.6 Å². The van der Waals surface area contributed by atoms with Gasteiger partial charge in [0.1, 0.15) is 12.8 Å². The number of ether oxygens (including phenoxy) is 1. The third-order valence-corrected chi connectivity index (χ3v) is 10.4. The fourth-order valence-corrected chi connectivity index (χ4v) is 7.25. The molecule has 39 heavy (non-hydrogen) atoms. The van der Waals surface area contributed by atoms with Gasteiger partial charge < -0.3 is 20.3 Å². The molecule has 0 bridgehead atoms. The Labute approximate surface area is 228 Å². The molecule has 0 radical (unpaired) electrons. The molecule has 2 N–H and O–H groups in total. The summed E-state index contributed by atoms with van der Waals surface area (Å²) in [6.45, 7) is 10.6. The van der Waals surface area contributed by atoms with Crippen molar-refractivity contribution in [2.75, 3.05) is 44.4 Å². The number of imidazole rings is 1. The Morgan fingerprint density at radius 2 is 1.85 bits per heavy atom. The number of carbonyl (C=O) groups excluding carboxylic acids is 3. The number of likely N-dealkylation sites (tertiary alicyclic amines) is 1. The first-order valence-corrected chi connectivity index (χ1v) is 17.8. The first-order chi connectivity index (χ1) is 18.6. The first-order valence-electron chi connectivity index (χ1n) is 14.1. The molecule has 2 aromatic rings. The van der Waals surface area contributed by atoms with Crippen LogP contribution in [0.3, 0.4) is 0 Å². The highest BCUT2D eigenvalue weighted by Crippen LogP contribution is 2.39. The highest BCUT2D eigenvalue weighted by atomic mass is 28.3. The number of nitrogens with one attached hydrogen (secondary N) is 2. The van der Waals surface area contributed by atoms with Crippen molar-refractivity contribution in [3.63, 3.8) is 0 Å². The minimum atomic E-state index is -1.31. The van der Waals surface area contributed by atoms with Gasteiger partial charge in [-0.25, -0.2) is 4.79 Å². The maximum absolute atomic E-state index is 13.8. The van der Waals surface area contributed by atoms with E-state index in [2.05, 4.69) is 35.2 Å². The number of hydrogen-bond donors (Lipinski definition) is 2. The molecule has 4 aliphatic heterocycles. The van der Waals surface area contributed by atoms with Crippen molar-refractivity contribution < 1.29 is 19.1 Å². The summed E-state index contributed by atoms with van der Waals surface area (Å²) < 4.78 is 9.00. The monoisotopic (exact) mass is 554 g/mol. The van der Waals surface area contributed by atoms with Crippen LogP contribution in [0.1, 0.15) is 42.1 Å². The van der Waals surface area contributed by atoms with Crippen LogP contribution in [0, 0.1) is 0 Å². The minimum Gasteiger partial charge on any atom is -0.365 e. The molecule has 4 aliphatic rings. The molecule has 210 valence electrons. The second-order valence-corrected chi connectivity index (χ2v) is 18.2. The number of aromatic nitrogens is 2. The van der Waals surface area contributed by atoms with Crippen molar-refractivity contribution >= 4 is 42.5 Å². The Kier molecular flexibility index (Phi) is 6.46. The largest absolute Gasteiger partial charge is 0.365 e. The molecule has 11 nitrogen and oxygen atoms in total. The van der Waals surface area contributed by atoms with Gasteiger partial charge in [0.15, 0.2) is 0 Å². The number of piperidine rings is 2. The standard InChI is InChI=1S/C27H38N6O5Si/c1-39(2,3)15-14-38-17-32-21(34)7-6-20(25(32)36)33-19-5-4-18-22-23(19)31(26(33)37)13-12-30(22)16-27(29-24(18)35)8-10-28-11-9-27/h4-5,20,28H,6-17H2,1-3H3,(H,29,35). The molecular weight excluding hydrogens is 516 g/mol. The van der Waals surface area contributed by atoms with Crippen LogP contribution in [0.4, 0.5) is 5.69 Å². The Bertz CT molecular complexity index is 1400. The quantitative estimate of drug-likeness (QED) is 0.316. The van der Waals surface area contributed by atoms with E-state index in [-0.39, 0.29) is 42.6 Å². The smallest absolute Gasteiger partial charge is 0.329 e. The molecule has 1 spiro atoms. The predicted molar refractivity (Wildman–Crippen MR) is 150 cm³/mol. The van der Waals surface area contributed by atoms with Gasteiger partial charge in [0.25, 0.3) is 11.8 Å². The van der Waals surface area contributed by atoms with Gasteiger partial charge in [-0.2, -0.15) is 0 Å². The van der Waals surface area contributed by atoms with Crippen molar-refractivity contribution in [3.8, 4) is 0 Å². The lowest BCUT2D eigenvalue weighted by Gasteiger charge is -2.41. The summed E-state index contributed by atoms with van der Waals surface area (Å²) in [5.74, 6) is -0.793. The van der Waals surface area contributed by atoms with Crippen LogP contribution in [0.5, 0.6) is 0 Å². The summed E-state index contributed by atoms with van der Waals surface area (Å²) in [4.78, 5) is 57.0. The predicted octanol–water partition coefficient (Wildman–Crippen LogP) is 1.49. The number of amides is 3. The Morgan fingerprint density at radius 3 is 2.59 bits per heavy atom. The maximum atomic E-state index is 13.8. The average Bonchev–Trinajstić information content (AvgIpc) is 3.10. The number of imide groups is 1. The van der Waals surface area contributed by atoms with Gasteiger partial charge >= 0.3 is 5.69 Å². The second kappa shape index (κ2) is 9.60. The van der Waals surface area contributed by atoms with Gasteiger partial charge in [-0.3, -0.25) is 28.4 Å². The number of rotatable bonds is 6. The van der Waals surface area contributed by atoms with Crippen LogP contribution in [0.15, 0.2) is 16.9 Å². The van der Waals surface area contributed by atoms with E-state index in [0.29, 0.717) is 42.8 Å². The zero-order valence-corrected chi connectivity index (χ0v) is 24.0. The molecule has 12 heteroatoms. The van der Waals surface area contributed by atoms with Crippen molar-refractivity contribution in [1.29, 1.82) is 0 Å². The van der Waals surface area contributed by atoms with Crippen LogP contribution in [-0.2, 0) is 20.9 Å². The molecule has 5 heterocycles. The molecular formula is C27H38N6O5Si. The van der Waals surface area contributed by atoms with Crippen LogP contribution in [-0.4, -0.2) is 84.9 Å². The topological polar surface area (TPSA) is 118 Å². The minimum absolute atomic E-state index is 0.0909. The second-order valence-electron chi connectivity index (χ2n) is 12.6. The van der Waals surface area contributed by atoms with Crippen molar-refractivity contribution in [1.82, 2.24) is 24.7 Å². The van der Waals surface area contributed by atoms with Gasteiger partial charge in [0.2, 0.25) is 5.91 Å². The van der Waals surface area contributed by atoms with Gasteiger partial charge in [-0.15, -0.1) is 0 Å². The molecule has 1 unspecified atom stereocenters. The summed E-state index contributed by atoms with van der Waals surface area (Å²) in [5.41, 5.74) is 2.08. The fraction of sp³-hybridized carbons (Fsp3) is 0.630. The Morgan fingerprint density at radius 1 is 1.08 bits per heavy atom. The third kappa shape index (κ3) is 4.51. The van der Waals surface area contributed by atoms with Gasteiger partial charge in [-0.05, 0) is 50.5 Å². The molecule has 1 aromatic heterocycles. The summed E-state index contributed by atoms with van der Waals surface area (Å²) in [5, 5.41) is 6.70. The van der Waals surface area contributed by atoms with E-state index >= 15 is 0 Å². The van der Waals surface area contributed by atoms with E-state index in [1.807, 2.05) is 0 Å². The number of anilines is 1. The zero-order chi connectivity index (χ0) is 27.5. The van der Waals surface area contributed by atoms with Crippen LogP contribution < -0.4 is 21.2 Å². The number of benzene rings is 1. The normalized spacial score (nSPS) is 22.9. The Balaban J connectivity index is 1.35. The third-order valence-electron chi connectivity index (χ3n) is 8.70. The zero-order valence-electron chi connectivity index (χ0n) is 23.0. The van der Waals surface area contributed by atoms with E-state index in [9.17, 15) is 19.2 Å². The van der Waals surface area contributed by atoms with E-state index in [1.165, 1.54) is 0 Å². The molecule has 2 fully saturated rings. The summed E-state index contributed by atoms with van der Waals surface area (Å²) >= 11 is 0. The first kappa shape index (κ1) is 26.3. The highest BCUT2D eigenvalue weighted by Gasteiger charge is 2.43. The van der Waals surface area contributed by atoms with Crippen LogP contribution in [0.2, 0.25) is 25.7 Å². The van der Waals surface area contributed by atoms with Crippen molar-refractivity contribution in [3.05, 3.63) is 28.2 Å². The van der Waals surface area contributed by atoms with Crippen LogP contribution in [0.25, 0.3) is 11.0 Å². The van der Waals surface area contributed by atoms with Gasteiger partial charge in [0, 0.05) is 40.7 Å². The SMILES string of the molecule is C[Si](C)(C)CCOCN1C(=O)CCC(n2c(=O)n3c4c5c(ccc42)C(=O)NC2(CCNCC2)CN5CC3)C1=O. The lowest BCUT2D eigenvalue weighted by atomic mass is 9.87. The van der Waals surface area contributed by atoms with E-state index < -0.39 is 20.0 Å². The molecule has 1 atom stereocenters. The molecule has 3 amide bonds. The van der Waals surface area contributed by atoms with E-state index in [0.717, 1.165) is 42.6 Å². The maximum Gasteiger partial charge on any atom is 0.329 e. The van der Waals surface area contributed by atoms with Crippen molar-refractivity contribution in [2.24, 2.45) is 0 Å². The molecule has 1 aromatic carbocycles. The highest BCUT2D eigenvalue weighted by molar-refractivity contribution is 6.76. The lowest BCUT2D eigenvalue weighted by molar-refractivity contribution is -0.157. The number of carbonyl (C=O) groups is 3. The summed E-state index contributed by atoms with van der Waals surface area (Å²) in [6, 6.07) is 3.71. The molecule has 6 rings (SSSR count). The molecule has 0 aliphatic carbocycles. The van der Waals surface area contributed by atoms with E-state index in [4.69, 9.17) is 4.74 Å². The summed E-state index contributed by atoms with van der Waals surface area (Å²) in [7, 11) is -1.31. The van der Waals surface area contributed by atoms with Crippen molar-refractivity contribution in [2.45, 2.75) is 69.5 Å². The van der Waals surface area contributed by atoms with E-state index in [1.54, 1.807) is 21.3 Å².